The maximum Gasteiger partial charge on any atom is 0.185 e. The molecule has 1 atom stereocenters. The van der Waals surface area contributed by atoms with Crippen molar-refractivity contribution in [2.75, 3.05) is 44.8 Å². The molecular formula is C14H25N3OS. The number of hydrogen-bond acceptors (Lipinski definition) is 5. The highest BCUT2D eigenvalue weighted by Crippen LogP contribution is 2.26. The molecule has 108 valence electrons. The van der Waals surface area contributed by atoms with Gasteiger partial charge in [0.2, 0.25) is 0 Å². The van der Waals surface area contributed by atoms with Gasteiger partial charge < -0.3 is 15.0 Å². The number of anilines is 1. The minimum absolute atomic E-state index is 0.736. The van der Waals surface area contributed by atoms with Gasteiger partial charge in [-0.05, 0) is 31.7 Å². The van der Waals surface area contributed by atoms with E-state index in [1.807, 2.05) is 0 Å². The SMILES string of the molecule is CCc1csc(N2CCCC(CNCCOC)C2)n1. The lowest BCUT2D eigenvalue weighted by Crippen LogP contribution is -2.40. The Morgan fingerprint density at radius 2 is 2.47 bits per heavy atom. The summed E-state index contributed by atoms with van der Waals surface area (Å²) in [4.78, 5) is 7.15. The normalized spacial score (nSPS) is 19.9. The molecule has 2 heterocycles. The lowest BCUT2D eigenvalue weighted by molar-refractivity contribution is 0.197. The van der Waals surface area contributed by atoms with Gasteiger partial charge in [-0.15, -0.1) is 11.3 Å². The first-order valence-electron chi connectivity index (χ1n) is 7.22. The smallest absolute Gasteiger partial charge is 0.185 e. The number of piperidine rings is 1. The molecule has 0 aromatic carbocycles. The molecule has 1 aromatic rings. The number of nitrogens with zero attached hydrogens (tertiary/aromatic N) is 2. The molecule has 1 aliphatic heterocycles. The summed E-state index contributed by atoms with van der Waals surface area (Å²) in [5.41, 5.74) is 1.22. The van der Waals surface area contributed by atoms with Crippen molar-refractivity contribution in [3.05, 3.63) is 11.1 Å². The van der Waals surface area contributed by atoms with Crippen molar-refractivity contribution < 1.29 is 4.74 Å². The van der Waals surface area contributed by atoms with Crippen LogP contribution in [0.5, 0.6) is 0 Å². The van der Waals surface area contributed by atoms with E-state index in [-0.39, 0.29) is 0 Å². The van der Waals surface area contributed by atoms with Gasteiger partial charge in [0.15, 0.2) is 5.13 Å². The van der Waals surface area contributed by atoms with Crippen molar-refractivity contribution in [3.63, 3.8) is 0 Å². The Balaban J connectivity index is 1.79. The van der Waals surface area contributed by atoms with E-state index in [9.17, 15) is 0 Å². The molecule has 1 saturated heterocycles. The topological polar surface area (TPSA) is 37.4 Å². The number of rotatable bonds is 7. The molecule has 0 spiro atoms. The van der Waals surface area contributed by atoms with Gasteiger partial charge in [0.05, 0.1) is 12.3 Å². The number of methoxy groups -OCH3 is 1. The first kappa shape index (κ1) is 14.8. The van der Waals surface area contributed by atoms with Crippen LogP contribution in [-0.4, -0.2) is 44.9 Å². The summed E-state index contributed by atoms with van der Waals surface area (Å²) in [6, 6.07) is 0. The standard InChI is InChI=1S/C14H25N3OS/c1-3-13-11-19-14(16-13)17-7-4-5-12(10-17)9-15-6-8-18-2/h11-12,15H,3-10H2,1-2H3. The summed E-state index contributed by atoms with van der Waals surface area (Å²) >= 11 is 1.79. The lowest BCUT2D eigenvalue weighted by atomic mass is 9.98. The first-order chi connectivity index (χ1) is 9.33. The largest absolute Gasteiger partial charge is 0.383 e. The van der Waals surface area contributed by atoms with Crippen molar-refractivity contribution >= 4 is 16.5 Å². The van der Waals surface area contributed by atoms with Crippen molar-refractivity contribution in [3.8, 4) is 0 Å². The summed E-state index contributed by atoms with van der Waals surface area (Å²) in [6.45, 7) is 7.29. The molecule has 0 aliphatic carbocycles. The summed E-state index contributed by atoms with van der Waals surface area (Å²) < 4.78 is 5.06. The molecule has 1 N–H and O–H groups in total. The highest BCUT2D eigenvalue weighted by Gasteiger charge is 2.21. The van der Waals surface area contributed by atoms with E-state index < -0.39 is 0 Å². The second kappa shape index (κ2) is 7.82. The van der Waals surface area contributed by atoms with Crippen molar-refractivity contribution in [2.24, 2.45) is 5.92 Å². The predicted molar refractivity (Wildman–Crippen MR) is 81.2 cm³/mol. The van der Waals surface area contributed by atoms with Gasteiger partial charge in [0, 0.05) is 32.1 Å². The Labute approximate surface area is 120 Å². The number of aromatic nitrogens is 1. The fourth-order valence-corrected chi connectivity index (χ4v) is 3.44. The number of ether oxygens (including phenoxy) is 1. The van der Waals surface area contributed by atoms with Crippen LogP contribution < -0.4 is 10.2 Å². The molecule has 19 heavy (non-hydrogen) atoms. The molecule has 1 fully saturated rings. The minimum atomic E-state index is 0.736. The van der Waals surface area contributed by atoms with E-state index in [4.69, 9.17) is 9.72 Å². The first-order valence-corrected chi connectivity index (χ1v) is 8.10. The Bertz CT molecular complexity index is 369. The van der Waals surface area contributed by atoms with Crippen LogP contribution in [0.3, 0.4) is 0 Å². The second-order valence-corrected chi connectivity index (χ2v) is 5.96. The molecule has 2 rings (SSSR count). The van der Waals surface area contributed by atoms with Gasteiger partial charge in [0.1, 0.15) is 0 Å². The van der Waals surface area contributed by atoms with E-state index in [0.29, 0.717) is 0 Å². The molecule has 0 amide bonds. The van der Waals surface area contributed by atoms with E-state index in [0.717, 1.165) is 45.1 Å². The molecule has 0 bridgehead atoms. The van der Waals surface area contributed by atoms with Crippen molar-refractivity contribution in [2.45, 2.75) is 26.2 Å². The summed E-state index contributed by atoms with van der Waals surface area (Å²) in [5.74, 6) is 0.736. The van der Waals surface area contributed by atoms with Crippen LogP contribution in [0.15, 0.2) is 5.38 Å². The third kappa shape index (κ3) is 4.44. The van der Waals surface area contributed by atoms with Crippen molar-refractivity contribution in [1.82, 2.24) is 10.3 Å². The molecule has 1 aliphatic rings. The van der Waals surface area contributed by atoms with Crippen LogP contribution in [-0.2, 0) is 11.2 Å². The zero-order valence-electron chi connectivity index (χ0n) is 12.0. The van der Waals surface area contributed by atoms with Crippen LogP contribution in [0.2, 0.25) is 0 Å². The van der Waals surface area contributed by atoms with Crippen LogP contribution in [0.25, 0.3) is 0 Å². The number of thiazole rings is 1. The fourth-order valence-electron chi connectivity index (χ4n) is 2.49. The Kier molecular flexibility index (Phi) is 6.07. The predicted octanol–water partition coefficient (Wildman–Crippen LogP) is 2.16. The van der Waals surface area contributed by atoms with Gasteiger partial charge in [0.25, 0.3) is 0 Å². The van der Waals surface area contributed by atoms with Crippen LogP contribution in [0, 0.1) is 5.92 Å². The second-order valence-electron chi connectivity index (χ2n) is 5.13. The number of hydrogen-bond donors (Lipinski definition) is 1. The Morgan fingerprint density at radius 1 is 1.58 bits per heavy atom. The van der Waals surface area contributed by atoms with Gasteiger partial charge in [-0.1, -0.05) is 6.92 Å². The van der Waals surface area contributed by atoms with E-state index in [1.165, 1.54) is 23.7 Å². The average Bonchev–Trinajstić information content (AvgIpc) is 2.93. The Morgan fingerprint density at radius 3 is 3.21 bits per heavy atom. The lowest BCUT2D eigenvalue weighted by Gasteiger charge is -2.32. The summed E-state index contributed by atoms with van der Waals surface area (Å²) in [6.07, 6.45) is 3.63. The maximum atomic E-state index is 5.06. The number of nitrogens with one attached hydrogen (secondary N) is 1. The molecule has 1 unspecified atom stereocenters. The van der Waals surface area contributed by atoms with E-state index >= 15 is 0 Å². The third-order valence-corrected chi connectivity index (χ3v) is 4.56. The molecule has 5 heteroatoms. The van der Waals surface area contributed by atoms with Gasteiger partial charge in [-0.2, -0.15) is 0 Å². The third-order valence-electron chi connectivity index (χ3n) is 3.61. The molecule has 0 radical (unpaired) electrons. The summed E-state index contributed by atoms with van der Waals surface area (Å²) in [7, 11) is 1.75. The highest BCUT2D eigenvalue weighted by atomic mass is 32.1. The monoisotopic (exact) mass is 283 g/mol. The van der Waals surface area contributed by atoms with Gasteiger partial charge in [-0.25, -0.2) is 4.98 Å². The molecule has 1 aromatic heterocycles. The fraction of sp³-hybridized carbons (Fsp3) is 0.786. The van der Waals surface area contributed by atoms with E-state index in [1.54, 1.807) is 18.4 Å². The van der Waals surface area contributed by atoms with Crippen LogP contribution in [0.1, 0.15) is 25.5 Å². The highest BCUT2D eigenvalue weighted by molar-refractivity contribution is 7.13. The van der Waals surface area contributed by atoms with Gasteiger partial charge in [-0.3, -0.25) is 0 Å². The van der Waals surface area contributed by atoms with Crippen molar-refractivity contribution in [1.29, 1.82) is 0 Å². The quantitative estimate of drug-likeness (QED) is 0.778. The van der Waals surface area contributed by atoms with Crippen LogP contribution in [0.4, 0.5) is 5.13 Å². The molecule has 4 nitrogen and oxygen atoms in total. The average molecular weight is 283 g/mol. The van der Waals surface area contributed by atoms with E-state index in [2.05, 4.69) is 22.5 Å². The number of aryl methyl sites for hydroxylation is 1. The molecule has 0 saturated carbocycles. The zero-order valence-corrected chi connectivity index (χ0v) is 12.8. The molecular weight excluding hydrogens is 258 g/mol. The van der Waals surface area contributed by atoms with Crippen LogP contribution >= 0.6 is 11.3 Å². The maximum absolute atomic E-state index is 5.06. The Hall–Kier alpha value is -0.650. The zero-order chi connectivity index (χ0) is 13.5. The minimum Gasteiger partial charge on any atom is -0.383 e. The summed E-state index contributed by atoms with van der Waals surface area (Å²) in [5, 5.41) is 6.87. The van der Waals surface area contributed by atoms with Gasteiger partial charge >= 0.3 is 0 Å².